The summed E-state index contributed by atoms with van der Waals surface area (Å²) in [4.78, 5) is 22.0. The van der Waals surface area contributed by atoms with Crippen molar-refractivity contribution in [1.82, 2.24) is 0 Å². The topological polar surface area (TPSA) is 34.1 Å². The maximum absolute atomic E-state index is 11.0. The first-order chi connectivity index (χ1) is 6.70. The smallest absolute Gasteiger partial charge is 0.156 e. The minimum Gasteiger partial charge on any atom is -0.295 e. The Morgan fingerprint density at radius 1 is 0.929 bits per heavy atom. The number of hydrogen-bond acceptors (Lipinski definition) is 2. The summed E-state index contributed by atoms with van der Waals surface area (Å²) < 4.78 is 0. The highest BCUT2D eigenvalue weighted by Gasteiger charge is 1.97. The van der Waals surface area contributed by atoms with Crippen LogP contribution in [0.25, 0.3) is 0 Å². The molecule has 0 heterocycles. The van der Waals surface area contributed by atoms with Gasteiger partial charge in [0.15, 0.2) is 11.6 Å². The fourth-order valence-electron chi connectivity index (χ4n) is 0.743. The largest absolute Gasteiger partial charge is 0.295 e. The lowest BCUT2D eigenvalue weighted by atomic mass is 10.1. The highest BCUT2D eigenvalue weighted by Crippen LogP contribution is 1.94. The Morgan fingerprint density at radius 2 is 1.29 bits per heavy atom. The number of rotatable bonds is 6. The second-order valence-corrected chi connectivity index (χ2v) is 2.67. The molecule has 0 aromatic rings. The van der Waals surface area contributed by atoms with Crippen molar-refractivity contribution in [3.05, 3.63) is 12.2 Å². The Hall–Kier alpha value is -1.80. The summed E-state index contributed by atoms with van der Waals surface area (Å²) in [7, 11) is 0. The van der Waals surface area contributed by atoms with Crippen LogP contribution in [0.5, 0.6) is 0 Å². The summed E-state index contributed by atoms with van der Waals surface area (Å²) in [6.07, 6.45) is 13.9. The molecule has 0 bridgehead atoms. The van der Waals surface area contributed by atoms with Crippen molar-refractivity contribution in [2.75, 3.05) is 0 Å². The molecule has 0 unspecified atom stereocenters. The van der Waals surface area contributed by atoms with Crippen molar-refractivity contribution in [3.63, 3.8) is 0 Å². The molecule has 0 rings (SSSR count). The minimum absolute atomic E-state index is 0.128. The van der Waals surface area contributed by atoms with E-state index in [2.05, 4.69) is 11.8 Å². The molecule has 0 fully saturated rings. The summed E-state index contributed by atoms with van der Waals surface area (Å²) in [5, 5.41) is 0. The van der Waals surface area contributed by atoms with Crippen molar-refractivity contribution < 1.29 is 9.59 Å². The minimum atomic E-state index is -0.128. The van der Waals surface area contributed by atoms with Crippen LogP contribution in [-0.2, 0) is 9.59 Å². The monoisotopic (exact) mass is 188 g/mol. The molecule has 0 atom stereocenters. The van der Waals surface area contributed by atoms with Gasteiger partial charge in [0, 0.05) is 25.7 Å². The van der Waals surface area contributed by atoms with Crippen molar-refractivity contribution in [2.45, 2.75) is 25.7 Å². The van der Waals surface area contributed by atoms with Crippen molar-refractivity contribution in [1.29, 1.82) is 0 Å². The molecular weight excluding hydrogens is 176 g/mol. The van der Waals surface area contributed by atoms with Crippen molar-refractivity contribution in [2.24, 2.45) is 0 Å². The molecule has 0 aliphatic rings. The third-order valence-electron chi connectivity index (χ3n) is 1.49. The number of carbonyl (C=O) groups is 2. The van der Waals surface area contributed by atoms with E-state index in [4.69, 9.17) is 12.8 Å². The van der Waals surface area contributed by atoms with Crippen LogP contribution in [0.1, 0.15) is 25.7 Å². The third kappa shape index (κ3) is 6.88. The first-order valence-corrected chi connectivity index (χ1v) is 4.31. The Bertz CT molecular complexity index is 278. The third-order valence-corrected chi connectivity index (χ3v) is 1.49. The molecule has 0 aliphatic heterocycles. The zero-order valence-corrected chi connectivity index (χ0v) is 7.95. The van der Waals surface area contributed by atoms with Gasteiger partial charge >= 0.3 is 0 Å². The molecule has 0 saturated heterocycles. The number of terminal acetylenes is 2. The number of ketones is 2. The predicted octanol–water partition coefficient (Wildman–Crippen LogP) is 1.51. The molecular formula is C12H12O2. The average Bonchev–Trinajstić information content (AvgIpc) is 2.20. The van der Waals surface area contributed by atoms with Crippen LogP contribution < -0.4 is 0 Å². The lowest BCUT2D eigenvalue weighted by Crippen LogP contribution is -1.96. The van der Waals surface area contributed by atoms with E-state index in [1.54, 1.807) is 0 Å². The van der Waals surface area contributed by atoms with E-state index in [9.17, 15) is 9.59 Å². The van der Waals surface area contributed by atoms with Crippen LogP contribution in [0.4, 0.5) is 0 Å². The Balaban J connectivity index is 3.82. The van der Waals surface area contributed by atoms with Crippen LogP contribution in [0.15, 0.2) is 12.2 Å². The average molecular weight is 188 g/mol. The van der Waals surface area contributed by atoms with E-state index >= 15 is 0 Å². The van der Waals surface area contributed by atoms with E-state index in [-0.39, 0.29) is 24.4 Å². The lowest BCUT2D eigenvalue weighted by molar-refractivity contribution is -0.116. The highest BCUT2D eigenvalue weighted by molar-refractivity contribution is 5.98. The van der Waals surface area contributed by atoms with Crippen molar-refractivity contribution >= 4 is 11.6 Å². The lowest BCUT2D eigenvalue weighted by Gasteiger charge is -1.89. The molecule has 0 aliphatic carbocycles. The predicted molar refractivity (Wildman–Crippen MR) is 55.3 cm³/mol. The second kappa shape index (κ2) is 7.83. The molecule has 0 amide bonds. The first-order valence-electron chi connectivity index (χ1n) is 4.31. The Morgan fingerprint density at radius 3 is 1.57 bits per heavy atom. The summed E-state index contributed by atoms with van der Waals surface area (Å²) >= 11 is 0. The first kappa shape index (κ1) is 12.2. The Kier molecular flexibility index (Phi) is 6.82. The van der Waals surface area contributed by atoms with Gasteiger partial charge in [-0.05, 0) is 12.2 Å². The number of allylic oxidation sites excluding steroid dienone is 2. The molecule has 72 valence electrons. The van der Waals surface area contributed by atoms with Gasteiger partial charge in [-0.3, -0.25) is 9.59 Å². The molecule has 2 heteroatoms. The standard InChI is InChI=1S/C12H12O2/c1-3-5-7-11(13)9-10-12(14)8-6-4-2/h1-2,9-10H,5-8H2/b10-9+. The highest BCUT2D eigenvalue weighted by atomic mass is 16.1. The quantitative estimate of drug-likeness (QED) is 0.467. The van der Waals surface area contributed by atoms with Gasteiger partial charge in [-0.15, -0.1) is 24.7 Å². The zero-order chi connectivity index (χ0) is 10.8. The van der Waals surface area contributed by atoms with E-state index in [1.807, 2.05) is 0 Å². The van der Waals surface area contributed by atoms with Gasteiger partial charge < -0.3 is 0 Å². The van der Waals surface area contributed by atoms with Gasteiger partial charge in [-0.2, -0.15) is 0 Å². The maximum Gasteiger partial charge on any atom is 0.156 e. The van der Waals surface area contributed by atoms with Crippen LogP contribution >= 0.6 is 0 Å². The van der Waals surface area contributed by atoms with Crippen LogP contribution in [0.2, 0.25) is 0 Å². The molecule has 0 saturated carbocycles. The molecule has 0 radical (unpaired) electrons. The molecule has 14 heavy (non-hydrogen) atoms. The number of hydrogen-bond donors (Lipinski definition) is 0. The van der Waals surface area contributed by atoms with Gasteiger partial charge in [0.25, 0.3) is 0 Å². The van der Waals surface area contributed by atoms with Crippen LogP contribution in [0.3, 0.4) is 0 Å². The van der Waals surface area contributed by atoms with E-state index in [0.717, 1.165) is 0 Å². The van der Waals surface area contributed by atoms with E-state index in [1.165, 1.54) is 12.2 Å². The maximum atomic E-state index is 11.0. The van der Waals surface area contributed by atoms with Gasteiger partial charge in [0.1, 0.15) is 0 Å². The molecule has 2 nitrogen and oxygen atoms in total. The SMILES string of the molecule is C#CCCC(=O)/C=C/C(=O)CCC#C. The normalized spacial score (nSPS) is 9.29. The van der Waals surface area contributed by atoms with Gasteiger partial charge in [0.05, 0.1) is 0 Å². The van der Waals surface area contributed by atoms with Gasteiger partial charge in [-0.1, -0.05) is 0 Å². The summed E-state index contributed by atoms with van der Waals surface area (Å²) in [6, 6.07) is 0. The summed E-state index contributed by atoms with van der Waals surface area (Å²) in [5.41, 5.74) is 0. The number of carbonyl (C=O) groups excluding carboxylic acids is 2. The Labute approximate surface area is 84.4 Å². The molecule has 0 aromatic carbocycles. The fourth-order valence-corrected chi connectivity index (χ4v) is 0.743. The fraction of sp³-hybridized carbons (Fsp3) is 0.333. The van der Waals surface area contributed by atoms with Crippen LogP contribution in [0, 0.1) is 24.7 Å². The van der Waals surface area contributed by atoms with Gasteiger partial charge in [0.2, 0.25) is 0 Å². The summed E-state index contributed by atoms with van der Waals surface area (Å²) in [5.74, 6) is 4.45. The van der Waals surface area contributed by atoms with Crippen molar-refractivity contribution in [3.8, 4) is 24.7 Å². The zero-order valence-electron chi connectivity index (χ0n) is 7.95. The van der Waals surface area contributed by atoms with E-state index < -0.39 is 0 Å². The summed E-state index contributed by atoms with van der Waals surface area (Å²) in [6.45, 7) is 0. The van der Waals surface area contributed by atoms with Crippen LogP contribution in [-0.4, -0.2) is 11.6 Å². The molecule has 0 spiro atoms. The second-order valence-electron chi connectivity index (χ2n) is 2.67. The van der Waals surface area contributed by atoms with Gasteiger partial charge in [-0.25, -0.2) is 0 Å². The molecule has 0 N–H and O–H groups in total. The van der Waals surface area contributed by atoms with E-state index in [0.29, 0.717) is 12.8 Å². The molecule has 0 aromatic heterocycles.